The van der Waals surface area contributed by atoms with Gasteiger partial charge in [0.25, 0.3) is 0 Å². The zero-order valence-electron chi connectivity index (χ0n) is 18.2. The summed E-state index contributed by atoms with van der Waals surface area (Å²) in [6.45, 7) is 6.51. The molecule has 7 nitrogen and oxygen atoms in total. The fourth-order valence-electron chi connectivity index (χ4n) is 3.07. The number of ketones is 1. The number of rotatable bonds is 11. The van der Waals surface area contributed by atoms with Crippen LogP contribution in [0.25, 0.3) is 0 Å². The van der Waals surface area contributed by atoms with Crippen molar-refractivity contribution in [2.45, 2.75) is 35.8 Å². The standard InChI is InChI=1S/C22H26N4O3S3/c1-4-26(5-2)32(28,29)19-11-9-18(10-12-19)20(27)14-23-21-24-25-22(31-21)30-15-17-8-6-7-16(3)13-17/h6-13H,4-5,14-15H2,1-3H3,(H,23,24). The molecule has 0 amide bonds. The molecule has 32 heavy (non-hydrogen) atoms. The predicted octanol–water partition coefficient (Wildman–Crippen LogP) is 4.46. The molecule has 0 aliphatic heterocycles. The van der Waals surface area contributed by atoms with Gasteiger partial charge < -0.3 is 5.32 Å². The van der Waals surface area contributed by atoms with Gasteiger partial charge in [-0.15, -0.1) is 10.2 Å². The monoisotopic (exact) mass is 490 g/mol. The van der Waals surface area contributed by atoms with Gasteiger partial charge in [0.05, 0.1) is 11.4 Å². The van der Waals surface area contributed by atoms with Gasteiger partial charge in [-0.3, -0.25) is 4.79 Å². The number of aryl methyl sites for hydroxylation is 1. The van der Waals surface area contributed by atoms with Crippen molar-refractivity contribution in [2.75, 3.05) is 25.0 Å². The Hall–Kier alpha value is -2.27. The van der Waals surface area contributed by atoms with Crippen molar-refractivity contribution in [1.82, 2.24) is 14.5 Å². The van der Waals surface area contributed by atoms with Crippen LogP contribution in [-0.4, -0.2) is 48.3 Å². The summed E-state index contributed by atoms with van der Waals surface area (Å²) in [4.78, 5) is 12.7. The largest absolute Gasteiger partial charge is 0.353 e. The second-order valence-electron chi connectivity index (χ2n) is 7.04. The van der Waals surface area contributed by atoms with E-state index in [-0.39, 0.29) is 17.2 Å². The molecule has 0 aliphatic rings. The first-order chi connectivity index (χ1) is 15.3. The molecule has 0 unspecified atom stereocenters. The first-order valence-electron chi connectivity index (χ1n) is 10.2. The van der Waals surface area contributed by atoms with E-state index in [2.05, 4.69) is 40.6 Å². The van der Waals surface area contributed by atoms with Crippen molar-refractivity contribution < 1.29 is 13.2 Å². The van der Waals surface area contributed by atoms with Crippen LogP contribution >= 0.6 is 23.1 Å². The summed E-state index contributed by atoms with van der Waals surface area (Å²) >= 11 is 3.00. The van der Waals surface area contributed by atoms with Crippen LogP contribution in [0.1, 0.15) is 35.3 Å². The van der Waals surface area contributed by atoms with Crippen molar-refractivity contribution in [3.8, 4) is 0 Å². The first-order valence-corrected chi connectivity index (χ1v) is 13.5. The van der Waals surface area contributed by atoms with E-state index < -0.39 is 10.0 Å². The lowest BCUT2D eigenvalue weighted by atomic mass is 10.1. The van der Waals surface area contributed by atoms with Crippen LogP contribution in [0.4, 0.5) is 5.13 Å². The molecular formula is C22H26N4O3S3. The van der Waals surface area contributed by atoms with Crippen LogP contribution in [0, 0.1) is 6.92 Å². The maximum atomic E-state index is 12.6. The van der Waals surface area contributed by atoms with Gasteiger partial charge in [-0.05, 0) is 36.8 Å². The zero-order chi connectivity index (χ0) is 23.1. The topological polar surface area (TPSA) is 92.3 Å². The molecule has 1 aromatic heterocycles. The van der Waals surface area contributed by atoms with Crippen molar-refractivity contribution in [3.63, 3.8) is 0 Å². The summed E-state index contributed by atoms with van der Waals surface area (Å²) in [6.07, 6.45) is 0. The fourth-order valence-corrected chi connectivity index (χ4v) is 6.22. The number of anilines is 1. The maximum Gasteiger partial charge on any atom is 0.243 e. The van der Waals surface area contributed by atoms with E-state index in [1.165, 1.54) is 38.9 Å². The minimum Gasteiger partial charge on any atom is -0.353 e. The van der Waals surface area contributed by atoms with Gasteiger partial charge >= 0.3 is 0 Å². The van der Waals surface area contributed by atoms with Crippen molar-refractivity contribution >= 4 is 44.0 Å². The van der Waals surface area contributed by atoms with E-state index in [4.69, 9.17) is 0 Å². The van der Waals surface area contributed by atoms with Crippen molar-refractivity contribution in [3.05, 3.63) is 65.2 Å². The minimum absolute atomic E-state index is 0.0549. The maximum absolute atomic E-state index is 12.6. The molecule has 0 bridgehead atoms. The Morgan fingerprint density at radius 2 is 1.81 bits per heavy atom. The Kier molecular flexibility index (Phi) is 8.41. The highest BCUT2D eigenvalue weighted by molar-refractivity contribution is 8.00. The lowest BCUT2D eigenvalue weighted by Gasteiger charge is -2.18. The third-order valence-electron chi connectivity index (χ3n) is 4.77. The number of nitrogens with one attached hydrogen (secondary N) is 1. The Morgan fingerprint density at radius 3 is 2.47 bits per heavy atom. The summed E-state index contributed by atoms with van der Waals surface area (Å²) < 4.78 is 27.3. The van der Waals surface area contributed by atoms with E-state index in [0.717, 1.165) is 10.1 Å². The number of hydrogen-bond donors (Lipinski definition) is 1. The molecule has 170 valence electrons. The Morgan fingerprint density at radius 1 is 1.09 bits per heavy atom. The van der Waals surface area contributed by atoms with Crippen LogP contribution < -0.4 is 5.32 Å². The molecular weight excluding hydrogens is 464 g/mol. The summed E-state index contributed by atoms with van der Waals surface area (Å²) in [6, 6.07) is 14.4. The summed E-state index contributed by atoms with van der Waals surface area (Å²) in [5.41, 5.74) is 2.89. The number of Topliss-reactive ketones (excluding diaryl/α,β-unsaturated/α-hetero) is 1. The second-order valence-corrected chi connectivity index (χ2v) is 11.2. The normalized spacial score (nSPS) is 11.6. The average Bonchev–Trinajstić information content (AvgIpc) is 3.25. The van der Waals surface area contributed by atoms with Crippen molar-refractivity contribution in [2.24, 2.45) is 0 Å². The van der Waals surface area contributed by atoms with Gasteiger partial charge in [0, 0.05) is 24.4 Å². The average molecular weight is 491 g/mol. The van der Waals surface area contributed by atoms with Crippen LogP contribution in [-0.2, 0) is 15.8 Å². The molecule has 0 atom stereocenters. The van der Waals surface area contributed by atoms with E-state index in [1.54, 1.807) is 37.7 Å². The lowest BCUT2D eigenvalue weighted by Crippen LogP contribution is -2.30. The molecule has 0 fully saturated rings. The van der Waals surface area contributed by atoms with Gasteiger partial charge in [0.2, 0.25) is 15.2 Å². The molecule has 3 rings (SSSR count). The summed E-state index contributed by atoms with van der Waals surface area (Å²) in [5.74, 6) is 0.652. The molecule has 1 heterocycles. The molecule has 3 aromatic rings. The zero-order valence-corrected chi connectivity index (χ0v) is 20.7. The van der Waals surface area contributed by atoms with E-state index in [9.17, 15) is 13.2 Å². The number of carbonyl (C=O) groups excluding carboxylic acids is 1. The highest BCUT2D eigenvalue weighted by Gasteiger charge is 2.21. The molecule has 1 N–H and O–H groups in total. The molecule has 0 spiro atoms. The molecule has 0 saturated heterocycles. The number of thioether (sulfide) groups is 1. The number of aromatic nitrogens is 2. The van der Waals surface area contributed by atoms with Crippen LogP contribution in [0.15, 0.2) is 57.8 Å². The number of nitrogens with zero attached hydrogens (tertiary/aromatic N) is 3. The highest BCUT2D eigenvalue weighted by atomic mass is 32.2. The number of hydrogen-bond acceptors (Lipinski definition) is 8. The number of benzene rings is 2. The third-order valence-corrected chi connectivity index (χ3v) is 8.92. The molecule has 10 heteroatoms. The van der Waals surface area contributed by atoms with Gasteiger partial charge in [-0.1, -0.05) is 66.8 Å². The Balaban J connectivity index is 1.54. The lowest BCUT2D eigenvalue weighted by molar-refractivity contribution is 0.101. The predicted molar refractivity (Wildman–Crippen MR) is 130 cm³/mol. The molecule has 2 aromatic carbocycles. The number of carbonyl (C=O) groups is 1. The van der Waals surface area contributed by atoms with Crippen LogP contribution in [0.2, 0.25) is 0 Å². The van der Waals surface area contributed by atoms with E-state index >= 15 is 0 Å². The van der Waals surface area contributed by atoms with Gasteiger partial charge in [0.15, 0.2) is 10.1 Å². The molecule has 0 radical (unpaired) electrons. The van der Waals surface area contributed by atoms with Gasteiger partial charge in [-0.25, -0.2) is 8.42 Å². The first kappa shape index (κ1) is 24.4. The number of sulfonamides is 1. The molecule has 0 saturated carbocycles. The highest BCUT2D eigenvalue weighted by Crippen LogP contribution is 2.28. The SMILES string of the molecule is CCN(CC)S(=O)(=O)c1ccc(C(=O)CNc2nnc(SCc3cccc(C)c3)s2)cc1. The Labute approximate surface area is 197 Å². The van der Waals surface area contributed by atoms with Gasteiger partial charge in [0.1, 0.15) is 0 Å². The van der Waals surface area contributed by atoms with E-state index in [0.29, 0.717) is 23.8 Å². The quantitative estimate of drug-likeness (QED) is 0.313. The van der Waals surface area contributed by atoms with Crippen molar-refractivity contribution in [1.29, 1.82) is 0 Å². The summed E-state index contributed by atoms with van der Waals surface area (Å²) in [5, 5.41) is 11.8. The minimum atomic E-state index is -3.54. The molecule has 0 aliphatic carbocycles. The third kappa shape index (κ3) is 6.16. The van der Waals surface area contributed by atoms with Crippen LogP contribution in [0.3, 0.4) is 0 Å². The smallest absolute Gasteiger partial charge is 0.243 e. The second kappa shape index (κ2) is 11.0. The van der Waals surface area contributed by atoms with Gasteiger partial charge in [-0.2, -0.15) is 4.31 Å². The Bertz CT molecular complexity index is 1160. The van der Waals surface area contributed by atoms with E-state index in [1.807, 2.05) is 6.07 Å². The summed E-state index contributed by atoms with van der Waals surface area (Å²) in [7, 11) is -3.54. The van der Waals surface area contributed by atoms with Crippen LogP contribution in [0.5, 0.6) is 0 Å². The fraction of sp³-hybridized carbons (Fsp3) is 0.318.